The zero-order valence-corrected chi connectivity index (χ0v) is 12.9. The van der Waals surface area contributed by atoms with E-state index in [2.05, 4.69) is 20.9 Å². The Balaban J connectivity index is 1.51. The van der Waals surface area contributed by atoms with Gasteiger partial charge in [0.05, 0.1) is 13.7 Å². The van der Waals surface area contributed by atoms with Crippen molar-refractivity contribution in [3.05, 3.63) is 24.1 Å². The van der Waals surface area contributed by atoms with Crippen LogP contribution >= 0.6 is 0 Å². The lowest BCUT2D eigenvalue weighted by molar-refractivity contribution is -0.122. The Kier molecular flexibility index (Phi) is 4.32. The maximum atomic E-state index is 11.8. The summed E-state index contributed by atoms with van der Waals surface area (Å²) in [5.74, 6) is 0.367. The van der Waals surface area contributed by atoms with E-state index in [9.17, 15) is 14.4 Å². The van der Waals surface area contributed by atoms with Gasteiger partial charge in [-0.25, -0.2) is 9.78 Å². The minimum absolute atomic E-state index is 0.104. The number of urea groups is 1. The quantitative estimate of drug-likeness (QED) is 0.660. The van der Waals surface area contributed by atoms with Crippen LogP contribution in [0.2, 0.25) is 0 Å². The number of oxazole rings is 1. The molecule has 0 spiro atoms. The van der Waals surface area contributed by atoms with Crippen molar-refractivity contribution in [2.75, 3.05) is 7.11 Å². The highest BCUT2D eigenvalue weighted by Gasteiger charge is 2.29. The van der Waals surface area contributed by atoms with Crippen molar-refractivity contribution in [1.29, 1.82) is 0 Å². The number of amides is 4. The molecule has 1 saturated heterocycles. The van der Waals surface area contributed by atoms with Gasteiger partial charge in [0.25, 0.3) is 5.91 Å². The van der Waals surface area contributed by atoms with Crippen molar-refractivity contribution in [3.63, 3.8) is 0 Å². The molecule has 1 aromatic heterocycles. The Morgan fingerprint density at radius 2 is 2.25 bits per heavy atom. The molecule has 3 rings (SSSR count). The topological polar surface area (TPSA) is 123 Å². The zero-order valence-electron chi connectivity index (χ0n) is 12.9. The maximum Gasteiger partial charge on any atom is 0.322 e. The first-order chi connectivity index (χ1) is 11.5. The predicted octanol–water partition coefficient (Wildman–Crippen LogP) is 0.441. The third kappa shape index (κ3) is 3.45. The third-order valence-corrected chi connectivity index (χ3v) is 3.59. The van der Waals surface area contributed by atoms with E-state index < -0.39 is 18.0 Å². The number of carbonyl (C=O) groups excluding carboxylic acids is 3. The van der Waals surface area contributed by atoms with Crippen LogP contribution in [0, 0.1) is 0 Å². The van der Waals surface area contributed by atoms with E-state index >= 15 is 0 Å². The van der Waals surface area contributed by atoms with Gasteiger partial charge in [0.2, 0.25) is 11.8 Å². The van der Waals surface area contributed by atoms with Crippen molar-refractivity contribution in [2.45, 2.75) is 25.4 Å². The maximum absolute atomic E-state index is 11.8. The number of nitrogens with zero attached hydrogens (tertiary/aromatic N) is 1. The Morgan fingerprint density at radius 1 is 1.42 bits per heavy atom. The molecule has 2 heterocycles. The van der Waals surface area contributed by atoms with E-state index in [1.54, 1.807) is 25.3 Å². The molecule has 1 fully saturated rings. The molecule has 24 heavy (non-hydrogen) atoms. The normalized spacial score (nSPS) is 16.8. The summed E-state index contributed by atoms with van der Waals surface area (Å²) < 4.78 is 10.6. The highest BCUT2D eigenvalue weighted by atomic mass is 16.5. The lowest BCUT2D eigenvalue weighted by Gasteiger charge is -2.06. The molecule has 0 aliphatic carbocycles. The van der Waals surface area contributed by atoms with E-state index in [0.29, 0.717) is 22.7 Å². The molecule has 0 radical (unpaired) electrons. The number of aromatic nitrogens is 1. The number of nitrogens with one attached hydrogen (secondary N) is 3. The van der Waals surface area contributed by atoms with Crippen LogP contribution in [0.5, 0.6) is 5.75 Å². The fraction of sp³-hybridized carbons (Fsp3) is 0.333. The van der Waals surface area contributed by atoms with Gasteiger partial charge in [-0.3, -0.25) is 14.9 Å². The van der Waals surface area contributed by atoms with Gasteiger partial charge in [-0.05, 0) is 18.6 Å². The summed E-state index contributed by atoms with van der Waals surface area (Å²) in [6, 6.07) is 4.04. The van der Waals surface area contributed by atoms with E-state index in [-0.39, 0.29) is 25.3 Å². The number of rotatable bonds is 6. The van der Waals surface area contributed by atoms with Crippen LogP contribution in [-0.2, 0) is 16.1 Å². The van der Waals surface area contributed by atoms with Gasteiger partial charge >= 0.3 is 6.03 Å². The van der Waals surface area contributed by atoms with Crippen molar-refractivity contribution in [3.8, 4) is 5.75 Å². The number of imide groups is 1. The Labute approximate surface area is 136 Å². The number of ether oxygens (including phenoxy) is 1. The molecule has 3 N–H and O–H groups in total. The summed E-state index contributed by atoms with van der Waals surface area (Å²) in [5.41, 5.74) is 1.24. The molecule has 4 amide bonds. The molecule has 1 atom stereocenters. The number of methoxy groups -OCH3 is 1. The van der Waals surface area contributed by atoms with Crippen molar-refractivity contribution in [1.82, 2.24) is 20.9 Å². The lowest BCUT2D eigenvalue weighted by atomic mass is 10.1. The molecule has 1 aromatic carbocycles. The van der Waals surface area contributed by atoms with Crippen LogP contribution in [-0.4, -0.2) is 36.0 Å². The van der Waals surface area contributed by atoms with E-state index in [0.717, 1.165) is 0 Å². The standard InChI is InChI=1S/C15H16N4O5/c1-23-8-2-4-11-10(6-8)17-13(24-11)7-16-12(20)5-3-9-14(21)19-15(22)18-9/h2,4,6,9H,3,5,7H2,1H3,(H,16,20)(H2,18,19,21,22)/t9-/m0/s1. The second-order valence-electron chi connectivity index (χ2n) is 5.27. The summed E-state index contributed by atoms with van der Waals surface area (Å²) in [7, 11) is 1.56. The summed E-state index contributed by atoms with van der Waals surface area (Å²) in [6.45, 7) is 0.138. The summed E-state index contributed by atoms with van der Waals surface area (Å²) >= 11 is 0. The molecule has 0 unspecified atom stereocenters. The van der Waals surface area contributed by atoms with Gasteiger partial charge in [0, 0.05) is 12.5 Å². The second-order valence-corrected chi connectivity index (χ2v) is 5.27. The second kappa shape index (κ2) is 6.57. The summed E-state index contributed by atoms with van der Waals surface area (Å²) in [5, 5.41) is 7.22. The number of benzene rings is 1. The van der Waals surface area contributed by atoms with Crippen molar-refractivity contribution >= 4 is 28.9 Å². The van der Waals surface area contributed by atoms with Gasteiger partial charge in [-0.1, -0.05) is 0 Å². The van der Waals surface area contributed by atoms with E-state index in [4.69, 9.17) is 9.15 Å². The minimum atomic E-state index is -0.667. The predicted molar refractivity (Wildman–Crippen MR) is 82.1 cm³/mol. The van der Waals surface area contributed by atoms with E-state index in [1.807, 2.05) is 0 Å². The van der Waals surface area contributed by atoms with Crippen molar-refractivity contribution < 1.29 is 23.5 Å². The van der Waals surface area contributed by atoms with Gasteiger partial charge in [-0.2, -0.15) is 0 Å². The smallest absolute Gasteiger partial charge is 0.322 e. The first kappa shape index (κ1) is 15.8. The molecular formula is C15H16N4O5. The highest BCUT2D eigenvalue weighted by molar-refractivity contribution is 6.04. The van der Waals surface area contributed by atoms with Crippen molar-refractivity contribution in [2.24, 2.45) is 0 Å². The Bertz CT molecular complexity index is 800. The Morgan fingerprint density at radius 3 is 2.96 bits per heavy atom. The van der Waals surface area contributed by atoms with Crippen LogP contribution < -0.4 is 20.7 Å². The molecule has 9 heteroatoms. The monoisotopic (exact) mass is 332 g/mol. The van der Waals surface area contributed by atoms with Crippen LogP contribution in [0.25, 0.3) is 11.1 Å². The molecule has 1 aliphatic heterocycles. The third-order valence-electron chi connectivity index (χ3n) is 3.59. The van der Waals surface area contributed by atoms with Gasteiger partial charge < -0.3 is 19.8 Å². The lowest BCUT2D eigenvalue weighted by Crippen LogP contribution is -2.31. The van der Waals surface area contributed by atoms with Crippen LogP contribution in [0.4, 0.5) is 4.79 Å². The van der Waals surface area contributed by atoms with Gasteiger partial charge in [0.1, 0.15) is 17.3 Å². The number of fused-ring (bicyclic) bond motifs is 1. The zero-order chi connectivity index (χ0) is 17.1. The molecule has 1 aliphatic rings. The molecule has 0 bridgehead atoms. The minimum Gasteiger partial charge on any atom is -0.497 e. The van der Waals surface area contributed by atoms with Crippen LogP contribution in [0.15, 0.2) is 22.6 Å². The average molecular weight is 332 g/mol. The Hall–Kier alpha value is -3.10. The molecule has 0 saturated carbocycles. The summed E-state index contributed by atoms with van der Waals surface area (Å²) in [6.07, 6.45) is 0.334. The van der Waals surface area contributed by atoms with Crippen LogP contribution in [0.1, 0.15) is 18.7 Å². The fourth-order valence-corrected chi connectivity index (χ4v) is 2.36. The molecular weight excluding hydrogens is 316 g/mol. The van der Waals surface area contributed by atoms with Crippen LogP contribution in [0.3, 0.4) is 0 Å². The first-order valence-corrected chi connectivity index (χ1v) is 7.36. The molecule has 126 valence electrons. The van der Waals surface area contributed by atoms with E-state index in [1.165, 1.54) is 0 Å². The van der Waals surface area contributed by atoms with Gasteiger partial charge in [0.15, 0.2) is 5.58 Å². The highest BCUT2D eigenvalue weighted by Crippen LogP contribution is 2.21. The average Bonchev–Trinajstić information content (AvgIpc) is 3.12. The first-order valence-electron chi connectivity index (χ1n) is 7.36. The number of hydrogen-bond acceptors (Lipinski definition) is 6. The number of carbonyl (C=O) groups is 3. The summed E-state index contributed by atoms with van der Waals surface area (Å²) in [4.78, 5) is 38.4. The SMILES string of the molecule is COc1ccc2oc(CNC(=O)CC[C@@H]3NC(=O)NC3=O)nc2c1. The fourth-order valence-electron chi connectivity index (χ4n) is 2.36. The molecule has 2 aromatic rings. The molecule has 9 nitrogen and oxygen atoms in total. The van der Waals surface area contributed by atoms with Gasteiger partial charge in [-0.15, -0.1) is 0 Å². The largest absolute Gasteiger partial charge is 0.497 e. The number of hydrogen-bond donors (Lipinski definition) is 3.